The van der Waals surface area contributed by atoms with Crippen molar-refractivity contribution in [2.45, 2.75) is 25.3 Å². The van der Waals surface area contributed by atoms with Crippen LogP contribution in [0.15, 0.2) is 28.3 Å². The average Bonchev–Trinajstić information content (AvgIpc) is 2.92. The lowest BCUT2D eigenvalue weighted by atomic mass is 10.0. The number of fused-ring (bicyclic) bond motifs is 1. The molecule has 2 atom stereocenters. The molecule has 1 saturated carbocycles. The molecule has 3 N–H and O–H groups in total. The van der Waals surface area contributed by atoms with Crippen LogP contribution in [0, 0.1) is 5.92 Å². The molecule has 22 heavy (non-hydrogen) atoms. The topological polar surface area (TPSA) is 105 Å². The SMILES string of the molecule is NCC1CCCC1NC(=O)C1=CC=CN2CCS(=O)(=O)N=C12. The van der Waals surface area contributed by atoms with Gasteiger partial charge in [-0.2, -0.15) is 0 Å². The molecule has 1 amide bonds. The highest BCUT2D eigenvalue weighted by Gasteiger charge is 2.33. The maximum Gasteiger partial charge on any atom is 0.256 e. The van der Waals surface area contributed by atoms with Crippen molar-refractivity contribution < 1.29 is 13.2 Å². The van der Waals surface area contributed by atoms with E-state index >= 15 is 0 Å². The lowest BCUT2D eigenvalue weighted by Gasteiger charge is -2.29. The van der Waals surface area contributed by atoms with Gasteiger partial charge in [-0.15, -0.1) is 4.40 Å². The second-order valence-electron chi connectivity index (χ2n) is 5.82. The highest BCUT2D eigenvalue weighted by atomic mass is 32.2. The summed E-state index contributed by atoms with van der Waals surface area (Å²) < 4.78 is 27.2. The van der Waals surface area contributed by atoms with Crippen LogP contribution >= 0.6 is 0 Å². The Bertz CT molecular complexity index is 666. The van der Waals surface area contributed by atoms with Gasteiger partial charge in [-0.3, -0.25) is 4.79 Å². The average molecular weight is 324 g/mol. The molecular formula is C14H20N4O3S. The molecule has 1 aliphatic carbocycles. The number of amides is 1. The van der Waals surface area contributed by atoms with Crippen LogP contribution in [0.4, 0.5) is 0 Å². The van der Waals surface area contributed by atoms with Gasteiger partial charge in [-0.05, 0) is 37.5 Å². The second-order valence-corrected chi connectivity index (χ2v) is 7.58. The summed E-state index contributed by atoms with van der Waals surface area (Å²) in [7, 11) is -3.49. The van der Waals surface area contributed by atoms with Crippen molar-refractivity contribution in [2.75, 3.05) is 18.8 Å². The van der Waals surface area contributed by atoms with Gasteiger partial charge in [0.15, 0.2) is 5.84 Å². The van der Waals surface area contributed by atoms with Gasteiger partial charge >= 0.3 is 0 Å². The summed E-state index contributed by atoms with van der Waals surface area (Å²) >= 11 is 0. The van der Waals surface area contributed by atoms with Gasteiger partial charge in [0.05, 0.1) is 11.3 Å². The van der Waals surface area contributed by atoms with Gasteiger partial charge in [-0.1, -0.05) is 6.42 Å². The van der Waals surface area contributed by atoms with E-state index in [1.807, 2.05) is 0 Å². The molecule has 0 aromatic heterocycles. The van der Waals surface area contributed by atoms with E-state index in [-0.39, 0.29) is 29.5 Å². The summed E-state index contributed by atoms with van der Waals surface area (Å²) in [5, 5.41) is 2.99. The Balaban J connectivity index is 1.81. The Morgan fingerprint density at radius 1 is 1.45 bits per heavy atom. The molecule has 0 spiro atoms. The van der Waals surface area contributed by atoms with Crippen LogP contribution in [0.5, 0.6) is 0 Å². The van der Waals surface area contributed by atoms with E-state index in [9.17, 15) is 13.2 Å². The molecule has 7 nitrogen and oxygen atoms in total. The van der Waals surface area contributed by atoms with Gasteiger partial charge in [-0.25, -0.2) is 8.42 Å². The summed E-state index contributed by atoms with van der Waals surface area (Å²) in [6, 6.07) is 0.0542. The highest BCUT2D eigenvalue weighted by molar-refractivity contribution is 7.90. The zero-order chi connectivity index (χ0) is 15.7. The minimum absolute atomic E-state index is 0.0341. The standard InChI is InChI=1S/C14H20N4O3S/c15-9-10-3-1-5-12(10)16-14(19)11-4-2-6-18-7-8-22(20,21)17-13(11)18/h2,4,6,10,12H,1,3,5,7-9,15H2,(H,16,19). The first-order chi connectivity index (χ1) is 10.5. The van der Waals surface area contributed by atoms with E-state index in [0.29, 0.717) is 18.7 Å². The first-order valence-electron chi connectivity index (χ1n) is 7.49. The van der Waals surface area contributed by atoms with Crippen LogP contribution in [0.2, 0.25) is 0 Å². The van der Waals surface area contributed by atoms with Crippen LogP contribution in [-0.2, 0) is 14.8 Å². The molecule has 2 heterocycles. The third-order valence-corrected chi connectivity index (χ3v) is 5.53. The number of nitrogens with one attached hydrogen (secondary N) is 1. The zero-order valence-electron chi connectivity index (χ0n) is 12.2. The third kappa shape index (κ3) is 2.93. The quantitative estimate of drug-likeness (QED) is 0.743. The predicted molar refractivity (Wildman–Crippen MR) is 83.5 cm³/mol. The molecule has 0 aromatic rings. The van der Waals surface area contributed by atoms with Crippen molar-refractivity contribution in [3.63, 3.8) is 0 Å². The Hall–Kier alpha value is -1.67. The van der Waals surface area contributed by atoms with Gasteiger partial charge in [0.2, 0.25) is 0 Å². The molecule has 0 saturated heterocycles. The number of carbonyl (C=O) groups excluding carboxylic acids is 1. The number of allylic oxidation sites excluding steroid dienone is 2. The molecule has 1 fully saturated rings. The van der Waals surface area contributed by atoms with Crippen LogP contribution in [0.3, 0.4) is 0 Å². The van der Waals surface area contributed by atoms with Crippen molar-refractivity contribution in [1.29, 1.82) is 0 Å². The van der Waals surface area contributed by atoms with Crippen molar-refractivity contribution >= 4 is 21.8 Å². The monoisotopic (exact) mass is 324 g/mol. The van der Waals surface area contributed by atoms with Crippen molar-refractivity contribution in [3.05, 3.63) is 23.9 Å². The van der Waals surface area contributed by atoms with Crippen LogP contribution < -0.4 is 11.1 Å². The van der Waals surface area contributed by atoms with E-state index in [1.165, 1.54) is 0 Å². The number of rotatable bonds is 3. The second kappa shape index (κ2) is 5.85. The van der Waals surface area contributed by atoms with Crippen molar-refractivity contribution in [2.24, 2.45) is 16.0 Å². The molecule has 2 unspecified atom stereocenters. The highest BCUT2D eigenvalue weighted by Crippen LogP contribution is 2.25. The molecule has 0 aromatic carbocycles. The largest absolute Gasteiger partial charge is 0.349 e. The number of amidine groups is 1. The fourth-order valence-electron chi connectivity index (χ4n) is 3.15. The molecule has 2 aliphatic heterocycles. The third-order valence-electron chi connectivity index (χ3n) is 4.38. The molecule has 120 valence electrons. The van der Waals surface area contributed by atoms with E-state index in [0.717, 1.165) is 19.3 Å². The molecule has 0 radical (unpaired) electrons. The normalized spacial score (nSPS) is 29.6. The van der Waals surface area contributed by atoms with Crippen LogP contribution in [0.1, 0.15) is 19.3 Å². The predicted octanol–water partition coefficient (Wildman–Crippen LogP) is -0.272. The number of nitrogens with zero attached hydrogens (tertiary/aromatic N) is 2. The summed E-state index contributed by atoms with van der Waals surface area (Å²) in [6.07, 6.45) is 8.06. The minimum atomic E-state index is -3.49. The van der Waals surface area contributed by atoms with Gasteiger partial charge in [0.25, 0.3) is 15.9 Å². The summed E-state index contributed by atoms with van der Waals surface area (Å²) in [5.41, 5.74) is 6.03. The van der Waals surface area contributed by atoms with Crippen molar-refractivity contribution in [1.82, 2.24) is 10.2 Å². The Kier molecular flexibility index (Phi) is 4.05. The van der Waals surface area contributed by atoms with E-state index in [2.05, 4.69) is 9.71 Å². The minimum Gasteiger partial charge on any atom is -0.349 e. The molecule has 3 rings (SSSR count). The van der Waals surface area contributed by atoms with Crippen molar-refractivity contribution in [3.8, 4) is 0 Å². The Morgan fingerprint density at radius 3 is 3.05 bits per heavy atom. The van der Waals surface area contributed by atoms with Gasteiger partial charge < -0.3 is 16.0 Å². The van der Waals surface area contributed by atoms with E-state index < -0.39 is 10.0 Å². The number of sulfonamides is 1. The van der Waals surface area contributed by atoms with Gasteiger partial charge in [0.1, 0.15) is 0 Å². The first kappa shape index (κ1) is 15.2. The molecule has 0 bridgehead atoms. The summed E-state index contributed by atoms with van der Waals surface area (Å²) in [6.45, 7) is 0.864. The number of hydrogen-bond donors (Lipinski definition) is 2. The molecular weight excluding hydrogens is 304 g/mol. The van der Waals surface area contributed by atoms with Gasteiger partial charge in [0, 0.05) is 18.8 Å². The number of hydrogen-bond acceptors (Lipinski definition) is 5. The van der Waals surface area contributed by atoms with Crippen LogP contribution in [0.25, 0.3) is 0 Å². The lowest BCUT2D eigenvalue weighted by Crippen LogP contribution is -2.46. The fourth-order valence-corrected chi connectivity index (χ4v) is 4.13. The lowest BCUT2D eigenvalue weighted by molar-refractivity contribution is -0.117. The first-order valence-corrected chi connectivity index (χ1v) is 9.10. The Morgan fingerprint density at radius 2 is 2.27 bits per heavy atom. The zero-order valence-corrected chi connectivity index (χ0v) is 13.1. The molecule has 3 aliphatic rings. The number of nitrogens with two attached hydrogens (primary N) is 1. The fraction of sp³-hybridized carbons (Fsp3) is 0.571. The van der Waals surface area contributed by atoms with E-state index in [4.69, 9.17) is 5.73 Å². The smallest absolute Gasteiger partial charge is 0.256 e. The maximum absolute atomic E-state index is 12.5. The molecule has 8 heteroatoms. The summed E-state index contributed by atoms with van der Waals surface area (Å²) in [5.74, 6) is 0.189. The number of carbonyl (C=O) groups is 1. The van der Waals surface area contributed by atoms with Crippen LogP contribution in [-0.4, -0.2) is 49.9 Å². The Labute approximate surface area is 130 Å². The van der Waals surface area contributed by atoms with E-state index in [1.54, 1.807) is 23.3 Å². The summed E-state index contributed by atoms with van der Waals surface area (Å²) in [4.78, 5) is 14.2. The maximum atomic E-state index is 12.5.